The lowest BCUT2D eigenvalue weighted by molar-refractivity contribution is 0.402. The van der Waals surface area contributed by atoms with Gasteiger partial charge in [-0.25, -0.2) is 13.1 Å². The van der Waals surface area contributed by atoms with Gasteiger partial charge >= 0.3 is 0 Å². The van der Waals surface area contributed by atoms with Crippen LogP contribution in [0.25, 0.3) is 0 Å². The van der Waals surface area contributed by atoms with Gasteiger partial charge in [0.1, 0.15) is 10.6 Å². The minimum atomic E-state index is -3.55. The number of hydrogen-bond acceptors (Lipinski definition) is 4. The number of hydrogen-bond donors (Lipinski definition) is 1. The van der Waals surface area contributed by atoms with E-state index in [0.29, 0.717) is 12.3 Å². The Balaban J connectivity index is 1.88. The molecule has 0 aromatic heterocycles. The summed E-state index contributed by atoms with van der Waals surface area (Å²) in [4.78, 5) is 1.38. The summed E-state index contributed by atoms with van der Waals surface area (Å²) in [5.74, 6) is 1.22. The van der Waals surface area contributed by atoms with E-state index in [-0.39, 0.29) is 4.90 Å². The van der Waals surface area contributed by atoms with E-state index < -0.39 is 10.0 Å². The van der Waals surface area contributed by atoms with E-state index in [1.165, 1.54) is 12.0 Å². The van der Waals surface area contributed by atoms with Gasteiger partial charge in [-0.05, 0) is 48.9 Å². The minimum Gasteiger partial charge on any atom is -0.495 e. The molecule has 0 aliphatic carbocycles. The van der Waals surface area contributed by atoms with Crippen molar-refractivity contribution in [3.05, 3.63) is 54.1 Å². The zero-order chi connectivity index (χ0) is 16.7. The maximum Gasteiger partial charge on any atom is 0.244 e. The summed E-state index contributed by atoms with van der Waals surface area (Å²) >= 11 is 1.72. The maximum absolute atomic E-state index is 12.4. The van der Waals surface area contributed by atoms with Crippen molar-refractivity contribution < 1.29 is 13.2 Å². The average molecular weight is 351 g/mol. The maximum atomic E-state index is 12.4. The Bertz CT molecular complexity index is 731. The molecule has 0 aliphatic heterocycles. The van der Waals surface area contributed by atoms with Crippen LogP contribution in [-0.2, 0) is 10.0 Å². The first kappa shape index (κ1) is 17.8. The summed E-state index contributed by atoms with van der Waals surface area (Å²) < 4.78 is 32.6. The van der Waals surface area contributed by atoms with Crippen LogP contribution in [0.2, 0.25) is 0 Å². The third kappa shape index (κ3) is 5.27. The molecule has 0 bridgehead atoms. The Morgan fingerprint density at radius 3 is 2.57 bits per heavy atom. The quantitative estimate of drug-likeness (QED) is 0.584. The lowest BCUT2D eigenvalue weighted by Crippen LogP contribution is -2.25. The highest BCUT2D eigenvalue weighted by atomic mass is 32.2. The Labute approximate surface area is 142 Å². The molecular formula is C17H21NO3S2. The first-order valence-corrected chi connectivity index (χ1v) is 9.82. The number of nitrogens with one attached hydrogen (secondary N) is 1. The molecule has 2 rings (SSSR count). The molecule has 23 heavy (non-hydrogen) atoms. The third-order valence-corrected chi connectivity index (χ3v) is 5.81. The fraction of sp³-hybridized carbons (Fsp3) is 0.294. The molecule has 6 heteroatoms. The van der Waals surface area contributed by atoms with Crippen LogP contribution in [-0.4, -0.2) is 27.8 Å². The molecular weight excluding hydrogens is 330 g/mol. The molecule has 0 heterocycles. The van der Waals surface area contributed by atoms with Crippen molar-refractivity contribution in [2.45, 2.75) is 23.1 Å². The summed E-state index contributed by atoms with van der Waals surface area (Å²) in [6.07, 6.45) is 0.757. The predicted molar refractivity (Wildman–Crippen MR) is 94.7 cm³/mol. The molecule has 0 saturated heterocycles. The topological polar surface area (TPSA) is 55.4 Å². The Morgan fingerprint density at radius 1 is 1.13 bits per heavy atom. The molecule has 4 nitrogen and oxygen atoms in total. The molecule has 0 radical (unpaired) electrons. The zero-order valence-electron chi connectivity index (χ0n) is 13.3. The van der Waals surface area contributed by atoms with E-state index in [0.717, 1.165) is 17.7 Å². The molecule has 0 unspecified atom stereocenters. The van der Waals surface area contributed by atoms with Gasteiger partial charge in [0, 0.05) is 11.4 Å². The predicted octanol–water partition coefficient (Wildman–Crippen LogP) is 3.46. The summed E-state index contributed by atoms with van der Waals surface area (Å²) in [7, 11) is -2.08. The summed E-state index contributed by atoms with van der Waals surface area (Å²) in [6.45, 7) is 2.26. The summed E-state index contributed by atoms with van der Waals surface area (Å²) in [6, 6.07) is 15.2. The van der Waals surface area contributed by atoms with Crippen LogP contribution in [0.3, 0.4) is 0 Å². The molecule has 2 aromatic carbocycles. The van der Waals surface area contributed by atoms with Gasteiger partial charge in [-0.2, -0.15) is 0 Å². The number of aryl methyl sites for hydroxylation is 1. The highest BCUT2D eigenvalue weighted by Crippen LogP contribution is 2.24. The van der Waals surface area contributed by atoms with Crippen LogP contribution in [0.15, 0.2) is 58.3 Å². The number of thioether (sulfide) groups is 1. The largest absolute Gasteiger partial charge is 0.495 e. The van der Waals surface area contributed by atoms with Crippen LogP contribution in [0, 0.1) is 6.92 Å². The van der Waals surface area contributed by atoms with E-state index in [9.17, 15) is 8.42 Å². The average Bonchev–Trinajstić information content (AvgIpc) is 2.55. The first-order valence-electron chi connectivity index (χ1n) is 7.35. The van der Waals surface area contributed by atoms with Gasteiger partial charge in [-0.15, -0.1) is 11.8 Å². The third-order valence-electron chi connectivity index (χ3n) is 3.23. The number of benzene rings is 2. The molecule has 0 spiro atoms. The fourth-order valence-corrected chi connectivity index (χ4v) is 4.26. The Kier molecular flexibility index (Phi) is 6.50. The second-order valence-electron chi connectivity index (χ2n) is 5.07. The van der Waals surface area contributed by atoms with E-state index in [1.54, 1.807) is 23.9 Å². The number of methoxy groups -OCH3 is 1. The second-order valence-corrected chi connectivity index (χ2v) is 7.97. The van der Waals surface area contributed by atoms with Gasteiger partial charge in [-0.1, -0.05) is 24.3 Å². The van der Waals surface area contributed by atoms with E-state index >= 15 is 0 Å². The second kappa shape index (κ2) is 8.38. The van der Waals surface area contributed by atoms with Crippen LogP contribution in [0.4, 0.5) is 0 Å². The van der Waals surface area contributed by atoms with Gasteiger partial charge in [0.25, 0.3) is 0 Å². The van der Waals surface area contributed by atoms with Crippen molar-refractivity contribution >= 4 is 21.8 Å². The molecule has 1 N–H and O–H groups in total. The van der Waals surface area contributed by atoms with Crippen molar-refractivity contribution in [1.29, 1.82) is 0 Å². The molecule has 0 fully saturated rings. The van der Waals surface area contributed by atoms with E-state index in [2.05, 4.69) is 4.72 Å². The Morgan fingerprint density at radius 2 is 1.87 bits per heavy atom. The summed E-state index contributed by atoms with van der Waals surface area (Å²) in [5, 5.41) is 0. The highest BCUT2D eigenvalue weighted by molar-refractivity contribution is 7.99. The molecule has 0 saturated carbocycles. The van der Waals surface area contributed by atoms with Gasteiger partial charge in [0.15, 0.2) is 0 Å². The molecule has 0 atom stereocenters. The lowest BCUT2D eigenvalue weighted by atomic mass is 10.2. The van der Waals surface area contributed by atoms with Crippen molar-refractivity contribution in [1.82, 2.24) is 4.72 Å². The monoisotopic (exact) mass is 351 g/mol. The smallest absolute Gasteiger partial charge is 0.244 e. The van der Waals surface area contributed by atoms with Gasteiger partial charge in [0.05, 0.1) is 7.11 Å². The minimum absolute atomic E-state index is 0.190. The molecule has 0 aliphatic rings. The van der Waals surface area contributed by atoms with Crippen molar-refractivity contribution in [3.8, 4) is 5.75 Å². The Hall–Kier alpha value is -1.50. The van der Waals surface area contributed by atoms with Crippen molar-refractivity contribution in [2.75, 3.05) is 19.4 Å². The molecule has 0 amide bonds. The van der Waals surface area contributed by atoms with Gasteiger partial charge in [-0.3, -0.25) is 0 Å². The lowest BCUT2D eigenvalue weighted by Gasteiger charge is -2.11. The van der Waals surface area contributed by atoms with Crippen LogP contribution >= 0.6 is 11.8 Å². The summed E-state index contributed by atoms with van der Waals surface area (Å²) in [5.41, 5.74) is 0.880. The van der Waals surface area contributed by atoms with Crippen molar-refractivity contribution in [3.63, 3.8) is 0 Å². The van der Waals surface area contributed by atoms with Crippen LogP contribution in [0.1, 0.15) is 12.0 Å². The SMILES string of the molecule is COc1ccc(C)cc1S(=O)(=O)NCCCSc1ccccc1. The number of rotatable bonds is 8. The van der Waals surface area contributed by atoms with Gasteiger partial charge < -0.3 is 4.74 Å². The van der Waals surface area contributed by atoms with Crippen LogP contribution < -0.4 is 9.46 Å². The van der Waals surface area contributed by atoms with E-state index in [1.807, 2.05) is 43.3 Å². The fourth-order valence-electron chi connectivity index (χ4n) is 2.06. The van der Waals surface area contributed by atoms with Gasteiger partial charge in [0.2, 0.25) is 10.0 Å². The first-order chi connectivity index (χ1) is 11.0. The standard InChI is InChI=1S/C17H21NO3S2/c1-14-9-10-16(21-2)17(13-14)23(19,20)18-11-6-12-22-15-7-4-3-5-8-15/h3-5,7-10,13,18H,6,11-12H2,1-2H3. The number of sulfonamides is 1. The van der Waals surface area contributed by atoms with Crippen LogP contribution in [0.5, 0.6) is 5.75 Å². The van der Waals surface area contributed by atoms with Crippen molar-refractivity contribution in [2.24, 2.45) is 0 Å². The highest BCUT2D eigenvalue weighted by Gasteiger charge is 2.18. The number of ether oxygens (including phenoxy) is 1. The zero-order valence-corrected chi connectivity index (χ0v) is 14.9. The molecule has 124 valence electrons. The van der Waals surface area contributed by atoms with E-state index in [4.69, 9.17) is 4.74 Å². The molecule has 2 aromatic rings. The normalized spacial score (nSPS) is 11.4.